The molecule has 8 heteroatoms. The molecule has 2 heterocycles. The summed E-state index contributed by atoms with van der Waals surface area (Å²) in [6.45, 7) is 3.73. The smallest absolute Gasteiger partial charge is 0.270 e. The van der Waals surface area contributed by atoms with E-state index in [2.05, 4.69) is 20.6 Å². The maximum Gasteiger partial charge on any atom is 0.270 e. The van der Waals surface area contributed by atoms with E-state index in [-0.39, 0.29) is 17.5 Å². The minimum Gasteiger partial charge on any atom is -0.497 e. The molecule has 4 rings (SSSR count). The third-order valence-corrected chi connectivity index (χ3v) is 5.53. The molecule has 0 aliphatic rings. The van der Waals surface area contributed by atoms with Gasteiger partial charge in [0.15, 0.2) is 0 Å². The molecule has 2 aromatic carbocycles. The van der Waals surface area contributed by atoms with Crippen LogP contribution in [0.1, 0.15) is 24.3 Å². The van der Waals surface area contributed by atoms with Crippen LogP contribution in [-0.2, 0) is 4.79 Å². The van der Waals surface area contributed by atoms with Crippen LogP contribution >= 0.6 is 0 Å². The average molecular weight is 447 g/mol. The zero-order chi connectivity index (χ0) is 23.5. The van der Waals surface area contributed by atoms with Gasteiger partial charge in [-0.2, -0.15) is 0 Å². The summed E-state index contributed by atoms with van der Waals surface area (Å²) in [5, 5.41) is 7.58. The Morgan fingerprint density at radius 1 is 0.970 bits per heavy atom. The third-order valence-electron chi connectivity index (χ3n) is 5.53. The maximum absolute atomic E-state index is 13.1. The molecule has 4 aromatic rings. The molecule has 0 aliphatic heterocycles. The molecule has 3 N–H and O–H groups in total. The minimum absolute atomic E-state index is 0.157. The lowest BCUT2D eigenvalue weighted by molar-refractivity contribution is -0.118. The van der Waals surface area contributed by atoms with Gasteiger partial charge < -0.3 is 25.1 Å². The molecule has 0 fully saturated rings. The van der Waals surface area contributed by atoms with Gasteiger partial charge in [0, 0.05) is 22.4 Å². The molecule has 1 atom stereocenters. The van der Waals surface area contributed by atoms with Gasteiger partial charge in [0.25, 0.3) is 5.91 Å². The van der Waals surface area contributed by atoms with E-state index in [9.17, 15) is 9.59 Å². The molecule has 1 unspecified atom stereocenters. The van der Waals surface area contributed by atoms with Crippen molar-refractivity contribution in [2.75, 3.05) is 19.5 Å². The number of nitrogens with zero attached hydrogens (tertiary/aromatic N) is 1. The van der Waals surface area contributed by atoms with Gasteiger partial charge in [0.1, 0.15) is 23.2 Å². The van der Waals surface area contributed by atoms with Crippen LogP contribution in [0.25, 0.3) is 21.8 Å². The molecule has 0 saturated heterocycles. The number of hydrogen-bond acceptors (Lipinski definition) is 5. The van der Waals surface area contributed by atoms with Gasteiger partial charge in [0.05, 0.1) is 31.6 Å². The Kier molecular flexibility index (Phi) is 6.17. The zero-order valence-corrected chi connectivity index (χ0v) is 18.9. The number of methoxy groups -OCH3 is 2. The lowest BCUT2D eigenvalue weighted by Gasteiger charge is -2.22. The van der Waals surface area contributed by atoms with Gasteiger partial charge in [-0.25, -0.2) is 4.98 Å². The van der Waals surface area contributed by atoms with Crippen LogP contribution in [0.3, 0.4) is 0 Å². The summed E-state index contributed by atoms with van der Waals surface area (Å²) in [6.07, 6.45) is 1.64. The van der Waals surface area contributed by atoms with E-state index in [4.69, 9.17) is 9.47 Å². The maximum atomic E-state index is 13.1. The number of para-hydroxylation sites is 1. The number of anilines is 1. The van der Waals surface area contributed by atoms with Crippen LogP contribution in [0.5, 0.6) is 11.5 Å². The van der Waals surface area contributed by atoms with Crippen LogP contribution in [-0.4, -0.2) is 42.0 Å². The predicted octanol–water partition coefficient (Wildman–Crippen LogP) is 4.13. The standard InChI is InChI=1S/C25H26N4O4/c1-14(2)23(25(31)28-19-10-9-15(32-3)11-22(19)33-4)29-24(30)20-12-17-16-7-5-6-8-18(16)27-21(17)13-26-20/h5-14,23,27H,1-4H3,(H,28,31)(H,29,30). The van der Waals surface area contributed by atoms with Crippen molar-refractivity contribution in [2.45, 2.75) is 19.9 Å². The quantitative estimate of drug-likeness (QED) is 0.396. The summed E-state index contributed by atoms with van der Waals surface area (Å²) in [4.78, 5) is 33.7. The van der Waals surface area contributed by atoms with Crippen molar-refractivity contribution >= 4 is 39.3 Å². The highest BCUT2D eigenvalue weighted by Crippen LogP contribution is 2.29. The highest BCUT2D eigenvalue weighted by Gasteiger charge is 2.26. The summed E-state index contributed by atoms with van der Waals surface area (Å²) in [5.41, 5.74) is 2.55. The molecule has 2 amide bonds. The van der Waals surface area contributed by atoms with Crippen molar-refractivity contribution in [1.29, 1.82) is 0 Å². The van der Waals surface area contributed by atoms with Gasteiger partial charge in [-0.15, -0.1) is 0 Å². The Morgan fingerprint density at radius 2 is 1.76 bits per heavy atom. The van der Waals surface area contributed by atoms with Gasteiger partial charge >= 0.3 is 0 Å². The number of amides is 2. The Labute approximate surface area is 191 Å². The fourth-order valence-electron chi connectivity index (χ4n) is 3.74. The molecular formula is C25H26N4O4. The fraction of sp³-hybridized carbons (Fsp3) is 0.240. The van der Waals surface area contributed by atoms with Crippen molar-refractivity contribution in [3.8, 4) is 11.5 Å². The van der Waals surface area contributed by atoms with E-state index in [0.717, 1.165) is 21.8 Å². The molecule has 33 heavy (non-hydrogen) atoms. The molecule has 0 bridgehead atoms. The Morgan fingerprint density at radius 3 is 2.48 bits per heavy atom. The van der Waals surface area contributed by atoms with Crippen LogP contribution in [0, 0.1) is 5.92 Å². The van der Waals surface area contributed by atoms with Crippen molar-refractivity contribution in [1.82, 2.24) is 15.3 Å². The Balaban J connectivity index is 1.56. The first-order chi connectivity index (χ1) is 15.9. The fourth-order valence-corrected chi connectivity index (χ4v) is 3.74. The number of carbonyl (C=O) groups excluding carboxylic acids is 2. The van der Waals surface area contributed by atoms with E-state index in [1.54, 1.807) is 37.6 Å². The number of nitrogens with one attached hydrogen (secondary N) is 3. The normalized spacial score (nSPS) is 12.0. The van der Waals surface area contributed by atoms with E-state index in [1.165, 1.54) is 7.11 Å². The number of aromatic amines is 1. The minimum atomic E-state index is -0.773. The molecule has 170 valence electrons. The number of hydrogen-bond donors (Lipinski definition) is 3. The summed E-state index contributed by atoms with van der Waals surface area (Å²) in [5.74, 6) is 0.142. The number of carbonyl (C=O) groups is 2. The highest BCUT2D eigenvalue weighted by atomic mass is 16.5. The summed E-state index contributed by atoms with van der Waals surface area (Å²) < 4.78 is 10.5. The molecule has 0 saturated carbocycles. The van der Waals surface area contributed by atoms with E-state index in [1.807, 2.05) is 38.1 Å². The lowest BCUT2D eigenvalue weighted by atomic mass is 10.0. The number of aromatic nitrogens is 2. The van der Waals surface area contributed by atoms with Crippen LogP contribution in [0.15, 0.2) is 54.7 Å². The first-order valence-corrected chi connectivity index (χ1v) is 10.6. The molecular weight excluding hydrogens is 420 g/mol. The summed E-state index contributed by atoms with van der Waals surface area (Å²) >= 11 is 0. The number of benzene rings is 2. The van der Waals surface area contributed by atoms with Gasteiger partial charge in [0.2, 0.25) is 5.91 Å². The summed E-state index contributed by atoms with van der Waals surface area (Å²) in [7, 11) is 3.07. The average Bonchev–Trinajstić information content (AvgIpc) is 3.20. The zero-order valence-electron chi connectivity index (χ0n) is 18.9. The van der Waals surface area contributed by atoms with Gasteiger partial charge in [-0.1, -0.05) is 32.0 Å². The summed E-state index contributed by atoms with van der Waals surface area (Å²) in [6, 6.07) is 13.9. The third kappa shape index (κ3) is 4.45. The Bertz CT molecular complexity index is 1330. The van der Waals surface area contributed by atoms with E-state index < -0.39 is 11.9 Å². The lowest BCUT2D eigenvalue weighted by Crippen LogP contribution is -2.47. The molecule has 2 aromatic heterocycles. The first kappa shape index (κ1) is 22.1. The number of H-pyrrole nitrogens is 1. The van der Waals surface area contributed by atoms with Crippen molar-refractivity contribution in [3.63, 3.8) is 0 Å². The van der Waals surface area contributed by atoms with Crippen molar-refractivity contribution in [3.05, 3.63) is 60.4 Å². The monoisotopic (exact) mass is 446 g/mol. The number of rotatable bonds is 7. The second-order valence-electron chi connectivity index (χ2n) is 8.04. The predicted molar refractivity (Wildman–Crippen MR) is 128 cm³/mol. The SMILES string of the molecule is COc1ccc(NC(=O)C(NC(=O)c2cc3c(cn2)[nH]c2ccccc23)C(C)C)c(OC)c1. The van der Waals surface area contributed by atoms with Crippen molar-refractivity contribution < 1.29 is 19.1 Å². The number of pyridine rings is 1. The molecule has 0 aliphatic carbocycles. The van der Waals surface area contributed by atoms with Crippen molar-refractivity contribution in [2.24, 2.45) is 5.92 Å². The largest absolute Gasteiger partial charge is 0.497 e. The molecule has 0 spiro atoms. The second kappa shape index (κ2) is 9.20. The van der Waals surface area contributed by atoms with Crippen LogP contribution < -0.4 is 20.1 Å². The van der Waals surface area contributed by atoms with Crippen LogP contribution in [0.2, 0.25) is 0 Å². The molecule has 8 nitrogen and oxygen atoms in total. The second-order valence-corrected chi connectivity index (χ2v) is 8.04. The van der Waals surface area contributed by atoms with E-state index >= 15 is 0 Å². The van der Waals surface area contributed by atoms with Gasteiger partial charge in [-0.05, 0) is 30.2 Å². The first-order valence-electron chi connectivity index (χ1n) is 10.6. The topological polar surface area (TPSA) is 105 Å². The highest BCUT2D eigenvalue weighted by molar-refractivity contribution is 6.09. The Hall–Kier alpha value is -4.07. The van der Waals surface area contributed by atoms with E-state index in [0.29, 0.717) is 17.2 Å². The van der Waals surface area contributed by atoms with Crippen LogP contribution in [0.4, 0.5) is 5.69 Å². The number of fused-ring (bicyclic) bond motifs is 3. The van der Waals surface area contributed by atoms with Gasteiger partial charge in [-0.3, -0.25) is 9.59 Å². The number of ether oxygens (including phenoxy) is 2. The molecule has 0 radical (unpaired) electrons.